The van der Waals surface area contributed by atoms with Crippen LogP contribution in [0.2, 0.25) is 0 Å². The normalized spacial score (nSPS) is 11.1. The third kappa shape index (κ3) is 4.27. The summed E-state index contributed by atoms with van der Waals surface area (Å²) in [4.78, 5) is 11.3. The molecule has 142 valence electrons. The van der Waals surface area contributed by atoms with Crippen LogP contribution < -0.4 is 9.47 Å². The number of hydrogen-bond acceptors (Lipinski definition) is 3. The van der Waals surface area contributed by atoms with Gasteiger partial charge in [-0.25, -0.2) is 0 Å². The van der Waals surface area contributed by atoms with Gasteiger partial charge in [0.05, 0.1) is 13.2 Å². The van der Waals surface area contributed by atoms with Crippen LogP contribution in [0.5, 0.6) is 11.5 Å². The number of carbonyl (C=O) groups excluding carboxylic acids is 1. The van der Waals surface area contributed by atoms with Gasteiger partial charge in [-0.15, -0.1) is 0 Å². The molecule has 0 saturated heterocycles. The molecule has 0 amide bonds. The third-order valence-corrected chi connectivity index (χ3v) is 5.12. The number of halogens is 1. The molecule has 0 aliphatic carbocycles. The van der Waals surface area contributed by atoms with E-state index in [1.807, 2.05) is 24.3 Å². The van der Waals surface area contributed by atoms with Gasteiger partial charge in [0.1, 0.15) is 17.8 Å². The van der Waals surface area contributed by atoms with E-state index in [1.165, 1.54) is 0 Å². The summed E-state index contributed by atoms with van der Waals surface area (Å²) >= 11 is 3.58. The molecular formula is C23H25BrO3. The molecule has 3 aromatic carbocycles. The van der Waals surface area contributed by atoms with E-state index in [0.717, 1.165) is 69.5 Å². The molecular weight excluding hydrogens is 404 g/mol. The van der Waals surface area contributed by atoms with E-state index < -0.39 is 0 Å². The molecule has 0 aliphatic rings. The summed E-state index contributed by atoms with van der Waals surface area (Å²) in [7, 11) is 0. The molecule has 0 aliphatic heterocycles. The first-order valence-corrected chi connectivity index (χ1v) is 10.4. The van der Waals surface area contributed by atoms with Crippen LogP contribution in [0.25, 0.3) is 21.5 Å². The summed E-state index contributed by atoms with van der Waals surface area (Å²) in [6.07, 6.45) is 5.00. The van der Waals surface area contributed by atoms with Gasteiger partial charge >= 0.3 is 0 Å². The zero-order valence-corrected chi connectivity index (χ0v) is 17.5. The lowest BCUT2D eigenvalue weighted by Gasteiger charge is -2.18. The van der Waals surface area contributed by atoms with Gasteiger partial charge in [-0.2, -0.15) is 0 Å². The Kier molecular flexibility index (Phi) is 6.73. The van der Waals surface area contributed by atoms with Crippen LogP contribution in [0.1, 0.15) is 49.9 Å². The number of ether oxygens (including phenoxy) is 2. The lowest BCUT2D eigenvalue weighted by molar-refractivity contribution is 0.112. The van der Waals surface area contributed by atoms with Crippen LogP contribution in [0.15, 0.2) is 40.9 Å². The van der Waals surface area contributed by atoms with Gasteiger partial charge in [-0.05, 0) is 43.2 Å². The monoisotopic (exact) mass is 428 g/mol. The quantitative estimate of drug-likeness (QED) is 0.210. The van der Waals surface area contributed by atoms with Gasteiger partial charge in [0.15, 0.2) is 0 Å². The highest BCUT2D eigenvalue weighted by molar-refractivity contribution is 9.10. The number of aldehydes is 1. The lowest BCUT2D eigenvalue weighted by atomic mass is 9.99. The van der Waals surface area contributed by atoms with Crippen molar-refractivity contribution >= 4 is 43.8 Å². The van der Waals surface area contributed by atoms with E-state index >= 15 is 0 Å². The standard InChI is InChI=1S/C23H25BrO3/c1-3-5-11-26-22-19-10-8-17(24)14-21(19)23(27-12-6-4-2)18-9-7-16(15-25)13-20(18)22/h7-10,13-15H,3-6,11-12H2,1-2H3. The smallest absolute Gasteiger partial charge is 0.150 e. The third-order valence-electron chi connectivity index (χ3n) is 4.63. The topological polar surface area (TPSA) is 35.5 Å². The fourth-order valence-electron chi connectivity index (χ4n) is 3.16. The lowest BCUT2D eigenvalue weighted by Crippen LogP contribution is -2.02. The number of carbonyl (C=O) groups is 1. The summed E-state index contributed by atoms with van der Waals surface area (Å²) in [5, 5.41) is 3.94. The van der Waals surface area contributed by atoms with Crippen molar-refractivity contribution in [1.82, 2.24) is 0 Å². The molecule has 0 fully saturated rings. The first-order valence-electron chi connectivity index (χ1n) is 9.59. The molecule has 3 rings (SSSR count). The molecule has 0 bridgehead atoms. The van der Waals surface area contributed by atoms with Crippen LogP contribution in [0.3, 0.4) is 0 Å². The van der Waals surface area contributed by atoms with E-state index in [0.29, 0.717) is 18.8 Å². The largest absolute Gasteiger partial charge is 0.492 e. The molecule has 27 heavy (non-hydrogen) atoms. The Balaban J connectivity index is 2.28. The highest BCUT2D eigenvalue weighted by atomic mass is 79.9. The highest BCUT2D eigenvalue weighted by Gasteiger charge is 2.17. The second kappa shape index (κ2) is 9.23. The van der Waals surface area contributed by atoms with Gasteiger partial charge in [0.25, 0.3) is 0 Å². The molecule has 0 radical (unpaired) electrons. The Hall–Kier alpha value is -2.07. The summed E-state index contributed by atoms with van der Waals surface area (Å²) in [6.45, 7) is 5.61. The van der Waals surface area contributed by atoms with Crippen LogP contribution in [0, 0.1) is 0 Å². The minimum absolute atomic E-state index is 0.638. The number of benzene rings is 3. The van der Waals surface area contributed by atoms with Gasteiger partial charge < -0.3 is 9.47 Å². The highest BCUT2D eigenvalue weighted by Crippen LogP contribution is 2.44. The SMILES string of the molecule is CCCCOc1c2ccc(C=O)cc2c(OCCCC)c2ccc(Br)cc12. The Bertz CT molecular complexity index is 949. The van der Waals surface area contributed by atoms with Crippen LogP contribution >= 0.6 is 15.9 Å². The van der Waals surface area contributed by atoms with E-state index in [-0.39, 0.29) is 0 Å². The van der Waals surface area contributed by atoms with Crippen LogP contribution in [-0.2, 0) is 0 Å². The fourth-order valence-corrected chi connectivity index (χ4v) is 3.52. The van der Waals surface area contributed by atoms with Gasteiger partial charge in [-0.1, -0.05) is 48.7 Å². The molecule has 3 nitrogen and oxygen atoms in total. The van der Waals surface area contributed by atoms with Crippen molar-refractivity contribution < 1.29 is 14.3 Å². The van der Waals surface area contributed by atoms with E-state index in [9.17, 15) is 4.79 Å². The number of unbranched alkanes of at least 4 members (excludes halogenated alkanes) is 2. The summed E-state index contributed by atoms with van der Waals surface area (Å²) in [6, 6.07) is 11.9. The molecule has 0 atom stereocenters. The summed E-state index contributed by atoms with van der Waals surface area (Å²) in [5.74, 6) is 1.68. The van der Waals surface area contributed by atoms with Gasteiger partial charge in [0, 0.05) is 31.6 Å². The van der Waals surface area contributed by atoms with Crippen molar-refractivity contribution in [2.24, 2.45) is 0 Å². The van der Waals surface area contributed by atoms with Crippen molar-refractivity contribution in [3.05, 3.63) is 46.4 Å². The second-order valence-corrected chi connectivity index (χ2v) is 7.59. The molecule has 4 heteroatoms. The van der Waals surface area contributed by atoms with Gasteiger partial charge in [0.2, 0.25) is 0 Å². The van der Waals surface area contributed by atoms with E-state index in [4.69, 9.17) is 9.47 Å². The minimum atomic E-state index is 0.638. The number of rotatable bonds is 9. The zero-order chi connectivity index (χ0) is 19.2. The molecule has 0 unspecified atom stereocenters. The van der Waals surface area contributed by atoms with Crippen molar-refractivity contribution in [3.8, 4) is 11.5 Å². The molecule has 0 spiro atoms. The Morgan fingerprint density at radius 3 is 1.93 bits per heavy atom. The Labute approximate surface area is 168 Å². The van der Waals surface area contributed by atoms with E-state index in [1.54, 1.807) is 0 Å². The Morgan fingerprint density at radius 2 is 1.37 bits per heavy atom. The van der Waals surface area contributed by atoms with Crippen LogP contribution in [-0.4, -0.2) is 19.5 Å². The first-order chi connectivity index (χ1) is 13.2. The van der Waals surface area contributed by atoms with Crippen molar-refractivity contribution in [3.63, 3.8) is 0 Å². The predicted octanol–water partition coefficient (Wildman–Crippen LogP) is 6.93. The molecule has 3 aromatic rings. The van der Waals surface area contributed by atoms with Crippen molar-refractivity contribution in [2.75, 3.05) is 13.2 Å². The number of hydrogen-bond donors (Lipinski definition) is 0. The average molecular weight is 429 g/mol. The number of fused-ring (bicyclic) bond motifs is 2. The van der Waals surface area contributed by atoms with Crippen molar-refractivity contribution in [2.45, 2.75) is 39.5 Å². The zero-order valence-electron chi connectivity index (χ0n) is 15.9. The minimum Gasteiger partial charge on any atom is -0.492 e. The summed E-state index contributed by atoms with van der Waals surface area (Å²) in [5.41, 5.74) is 0.638. The van der Waals surface area contributed by atoms with Crippen LogP contribution in [0.4, 0.5) is 0 Å². The molecule has 0 heterocycles. The molecule has 0 saturated carbocycles. The second-order valence-electron chi connectivity index (χ2n) is 6.68. The van der Waals surface area contributed by atoms with Gasteiger partial charge in [-0.3, -0.25) is 4.79 Å². The maximum absolute atomic E-state index is 11.3. The summed E-state index contributed by atoms with van der Waals surface area (Å²) < 4.78 is 13.4. The molecule has 0 aromatic heterocycles. The molecule has 0 N–H and O–H groups in total. The predicted molar refractivity (Wildman–Crippen MR) is 115 cm³/mol. The maximum atomic E-state index is 11.3. The Morgan fingerprint density at radius 1 is 0.815 bits per heavy atom. The first kappa shape index (κ1) is 19.7. The van der Waals surface area contributed by atoms with Crippen molar-refractivity contribution in [1.29, 1.82) is 0 Å². The fraction of sp³-hybridized carbons (Fsp3) is 0.348. The maximum Gasteiger partial charge on any atom is 0.150 e. The average Bonchev–Trinajstić information content (AvgIpc) is 2.69. The van der Waals surface area contributed by atoms with E-state index in [2.05, 4.69) is 41.9 Å².